The molecular weight excluding hydrogens is 473 g/mol. The molecule has 2 fully saturated rings. The fourth-order valence-electron chi connectivity index (χ4n) is 4.59. The van der Waals surface area contributed by atoms with Gasteiger partial charge in [0.25, 0.3) is 0 Å². The maximum absolute atomic E-state index is 14.7. The number of amides is 2. The Balaban J connectivity index is 1.48. The number of hydrogen-bond donors (Lipinski definition) is 1. The minimum Gasteiger partial charge on any atom is -0.494 e. The van der Waals surface area contributed by atoms with Gasteiger partial charge >= 0.3 is 0 Å². The predicted octanol–water partition coefficient (Wildman–Crippen LogP) is 3.63. The molecule has 10 heteroatoms. The first-order chi connectivity index (χ1) is 16.3. The molecule has 1 unspecified atom stereocenters. The molecule has 3 atom stereocenters. The first-order valence-electron chi connectivity index (χ1n) is 10.9. The number of carbonyl (C=O) groups excluding carboxylic acids is 2. The monoisotopic (exact) mass is 496 g/mol. The van der Waals surface area contributed by atoms with E-state index in [1.54, 1.807) is 0 Å². The van der Waals surface area contributed by atoms with Crippen molar-refractivity contribution in [3.63, 3.8) is 0 Å². The third-order valence-electron chi connectivity index (χ3n) is 6.40. The lowest BCUT2D eigenvalue weighted by molar-refractivity contribution is -0.141. The number of rotatable bonds is 6. The summed E-state index contributed by atoms with van der Waals surface area (Å²) in [6, 6.07) is 6.08. The molecule has 34 heavy (non-hydrogen) atoms. The quantitative estimate of drug-likeness (QED) is 0.663. The molecule has 0 bridgehead atoms. The SMILES string of the molecule is COc1ccc(Cl)c(CC(=O)N2CC(C(=O)NCc3c(F)cccc3F)C[C@@H]3OCC[C@H]32)c1F. The van der Waals surface area contributed by atoms with E-state index in [-0.39, 0.29) is 53.6 Å². The number of halogens is 4. The van der Waals surface area contributed by atoms with Crippen molar-refractivity contribution in [3.8, 4) is 5.75 Å². The zero-order valence-corrected chi connectivity index (χ0v) is 19.2. The first kappa shape index (κ1) is 24.3. The van der Waals surface area contributed by atoms with Gasteiger partial charge in [0.15, 0.2) is 11.6 Å². The number of benzene rings is 2. The Hall–Kier alpha value is -2.78. The van der Waals surface area contributed by atoms with Crippen molar-refractivity contribution in [1.82, 2.24) is 10.2 Å². The van der Waals surface area contributed by atoms with Crippen LogP contribution in [0.5, 0.6) is 5.75 Å². The highest BCUT2D eigenvalue weighted by molar-refractivity contribution is 6.31. The average molecular weight is 497 g/mol. The number of carbonyl (C=O) groups is 2. The fourth-order valence-corrected chi connectivity index (χ4v) is 4.81. The summed E-state index contributed by atoms with van der Waals surface area (Å²) in [5.41, 5.74) is -0.221. The number of nitrogens with one attached hydrogen (secondary N) is 1. The molecule has 2 amide bonds. The Kier molecular flexibility index (Phi) is 7.33. The third-order valence-corrected chi connectivity index (χ3v) is 6.75. The lowest BCUT2D eigenvalue weighted by Gasteiger charge is -2.40. The molecule has 182 valence electrons. The number of ether oxygens (including phenoxy) is 2. The van der Waals surface area contributed by atoms with Crippen molar-refractivity contribution in [2.45, 2.75) is 38.0 Å². The normalized spacial score (nSPS) is 21.8. The third kappa shape index (κ3) is 4.86. The number of nitrogens with zero attached hydrogens (tertiary/aromatic N) is 1. The van der Waals surface area contributed by atoms with Crippen LogP contribution in [-0.2, 0) is 27.3 Å². The van der Waals surface area contributed by atoms with E-state index in [0.717, 1.165) is 12.1 Å². The van der Waals surface area contributed by atoms with Gasteiger partial charge < -0.3 is 19.7 Å². The summed E-state index contributed by atoms with van der Waals surface area (Å²) in [7, 11) is 1.32. The van der Waals surface area contributed by atoms with Gasteiger partial charge in [-0.25, -0.2) is 13.2 Å². The topological polar surface area (TPSA) is 67.9 Å². The van der Waals surface area contributed by atoms with Crippen molar-refractivity contribution < 1.29 is 32.2 Å². The molecule has 2 aliphatic heterocycles. The van der Waals surface area contributed by atoms with Gasteiger partial charge in [-0.15, -0.1) is 0 Å². The molecule has 1 N–H and O–H groups in total. The first-order valence-corrected chi connectivity index (χ1v) is 11.3. The maximum atomic E-state index is 14.7. The lowest BCUT2D eigenvalue weighted by Crippen LogP contribution is -2.55. The molecule has 0 aliphatic carbocycles. The van der Waals surface area contributed by atoms with Crippen molar-refractivity contribution in [1.29, 1.82) is 0 Å². The number of fused-ring (bicyclic) bond motifs is 1. The van der Waals surface area contributed by atoms with E-state index >= 15 is 0 Å². The molecule has 2 saturated heterocycles. The molecule has 6 nitrogen and oxygen atoms in total. The van der Waals surface area contributed by atoms with Gasteiger partial charge in [0.1, 0.15) is 11.6 Å². The van der Waals surface area contributed by atoms with Crippen LogP contribution in [0.4, 0.5) is 13.2 Å². The van der Waals surface area contributed by atoms with Crippen LogP contribution in [0.1, 0.15) is 24.0 Å². The van der Waals surface area contributed by atoms with Crippen molar-refractivity contribution in [2.75, 3.05) is 20.3 Å². The highest BCUT2D eigenvalue weighted by Gasteiger charge is 2.44. The molecule has 0 saturated carbocycles. The molecule has 4 rings (SSSR count). The molecule has 0 aromatic heterocycles. The van der Waals surface area contributed by atoms with Gasteiger partial charge in [0.05, 0.1) is 31.6 Å². The lowest BCUT2D eigenvalue weighted by atomic mass is 9.88. The molecule has 2 heterocycles. The van der Waals surface area contributed by atoms with E-state index in [2.05, 4.69) is 5.32 Å². The molecule has 0 spiro atoms. The van der Waals surface area contributed by atoms with Crippen molar-refractivity contribution in [2.24, 2.45) is 5.92 Å². The molecule has 2 aliphatic rings. The van der Waals surface area contributed by atoms with Crippen LogP contribution in [0.2, 0.25) is 5.02 Å². The zero-order valence-electron chi connectivity index (χ0n) is 18.5. The van der Waals surface area contributed by atoms with Crippen LogP contribution < -0.4 is 10.1 Å². The second-order valence-electron chi connectivity index (χ2n) is 8.38. The van der Waals surface area contributed by atoms with Gasteiger partial charge in [-0.1, -0.05) is 17.7 Å². The van der Waals surface area contributed by atoms with E-state index in [1.807, 2.05) is 0 Å². The molecule has 0 radical (unpaired) electrons. The van der Waals surface area contributed by atoms with Crippen LogP contribution in [0.15, 0.2) is 30.3 Å². The fraction of sp³-hybridized carbons (Fsp3) is 0.417. The second kappa shape index (κ2) is 10.2. The van der Waals surface area contributed by atoms with Crippen LogP contribution in [0, 0.1) is 23.4 Å². The second-order valence-corrected chi connectivity index (χ2v) is 8.79. The van der Waals surface area contributed by atoms with E-state index in [9.17, 15) is 22.8 Å². The Labute approximate surface area is 200 Å². The summed E-state index contributed by atoms with van der Waals surface area (Å²) in [5.74, 6) is -3.73. The van der Waals surface area contributed by atoms with E-state index in [4.69, 9.17) is 21.1 Å². The van der Waals surface area contributed by atoms with E-state index < -0.39 is 35.2 Å². The predicted molar refractivity (Wildman–Crippen MR) is 118 cm³/mol. The number of methoxy groups -OCH3 is 1. The highest BCUT2D eigenvalue weighted by Crippen LogP contribution is 2.33. The molecule has 2 aromatic rings. The summed E-state index contributed by atoms with van der Waals surface area (Å²) >= 11 is 6.14. The standard InChI is InChI=1S/C24H24ClF3N2O4/c1-33-20-6-5-16(25)14(23(20)28)10-22(31)30-12-13(9-21-19(30)7-8-34-21)24(32)29-11-15-17(26)3-2-4-18(15)27/h2-6,13,19,21H,7-12H2,1H3,(H,29,32)/t13?,19-,21+/m1/s1. The van der Waals surface area contributed by atoms with Gasteiger partial charge in [-0.3, -0.25) is 9.59 Å². The van der Waals surface area contributed by atoms with Crippen LogP contribution in [0.25, 0.3) is 0 Å². The van der Waals surface area contributed by atoms with Gasteiger partial charge in [-0.05, 0) is 37.1 Å². The zero-order chi connectivity index (χ0) is 24.4. The minimum atomic E-state index is -0.753. The molecular formula is C24H24ClF3N2O4. The maximum Gasteiger partial charge on any atom is 0.227 e. The Morgan fingerprint density at radius 1 is 1.18 bits per heavy atom. The highest BCUT2D eigenvalue weighted by atomic mass is 35.5. The summed E-state index contributed by atoms with van der Waals surface area (Å²) < 4.78 is 53.2. The minimum absolute atomic E-state index is 0.0167. The van der Waals surface area contributed by atoms with Gasteiger partial charge in [-0.2, -0.15) is 0 Å². The van der Waals surface area contributed by atoms with Crippen LogP contribution >= 0.6 is 11.6 Å². The Morgan fingerprint density at radius 2 is 1.91 bits per heavy atom. The van der Waals surface area contributed by atoms with Crippen LogP contribution in [-0.4, -0.2) is 49.1 Å². The summed E-state index contributed by atoms with van der Waals surface area (Å²) in [5, 5.41) is 2.66. The number of likely N-dealkylation sites (tertiary alicyclic amines) is 1. The van der Waals surface area contributed by atoms with E-state index in [0.29, 0.717) is 19.4 Å². The summed E-state index contributed by atoms with van der Waals surface area (Å²) in [4.78, 5) is 27.6. The van der Waals surface area contributed by atoms with Gasteiger partial charge in [0.2, 0.25) is 11.8 Å². The largest absolute Gasteiger partial charge is 0.494 e. The number of hydrogen-bond acceptors (Lipinski definition) is 4. The van der Waals surface area contributed by atoms with Crippen molar-refractivity contribution in [3.05, 3.63) is 63.9 Å². The summed E-state index contributed by atoms with van der Waals surface area (Å²) in [6.45, 7) is 0.196. The average Bonchev–Trinajstić information content (AvgIpc) is 3.29. The molecule has 2 aromatic carbocycles. The Morgan fingerprint density at radius 3 is 2.62 bits per heavy atom. The number of piperidine rings is 1. The van der Waals surface area contributed by atoms with E-state index in [1.165, 1.54) is 30.2 Å². The van der Waals surface area contributed by atoms with Crippen LogP contribution in [0.3, 0.4) is 0 Å². The summed E-state index contributed by atoms with van der Waals surface area (Å²) in [6.07, 6.45) is 0.303. The Bertz CT molecular complexity index is 1080. The van der Waals surface area contributed by atoms with Crippen molar-refractivity contribution >= 4 is 23.4 Å². The van der Waals surface area contributed by atoms with Gasteiger partial charge in [0, 0.05) is 35.8 Å². The smallest absolute Gasteiger partial charge is 0.227 e.